The zero-order valence-electron chi connectivity index (χ0n) is 11.0. The third-order valence-corrected chi connectivity index (χ3v) is 2.82. The van der Waals surface area contributed by atoms with E-state index in [1.165, 1.54) is 17.8 Å². The van der Waals surface area contributed by atoms with Gasteiger partial charge in [-0.1, -0.05) is 30.3 Å². The van der Waals surface area contributed by atoms with Crippen molar-refractivity contribution in [3.63, 3.8) is 0 Å². The number of nitrogens with two attached hydrogens (primary N) is 1. The first-order valence-corrected chi connectivity index (χ1v) is 6.32. The minimum atomic E-state index is -1.06. The van der Waals surface area contributed by atoms with Crippen LogP contribution in [0.25, 0.3) is 0 Å². The van der Waals surface area contributed by atoms with E-state index in [2.05, 4.69) is 17.1 Å². The number of carboxylic acid groups (broad SMARTS) is 1. The summed E-state index contributed by atoms with van der Waals surface area (Å²) in [6.45, 7) is 0.485. The molecule has 1 heterocycles. The molecule has 104 valence electrons. The summed E-state index contributed by atoms with van der Waals surface area (Å²) in [5, 5.41) is 8.80. The highest BCUT2D eigenvalue weighted by Crippen LogP contribution is 2.19. The number of rotatable bonds is 6. The molecule has 1 aromatic carbocycles. The van der Waals surface area contributed by atoms with Crippen LogP contribution in [0.2, 0.25) is 0 Å². The number of carboxylic acids is 1. The smallest absolute Gasteiger partial charge is 0.337 e. The van der Waals surface area contributed by atoms with Gasteiger partial charge < -0.3 is 15.6 Å². The van der Waals surface area contributed by atoms with E-state index in [0.29, 0.717) is 6.61 Å². The molecule has 0 saturated heterocycles. The molecule has 0 fully saturated rings. The summed E-state index contributed by atoms with van der Waals surface area (Å²) in [7, 11) is 0. The first kappa shape index (κ1) is 13.9. The Morgan fingerprint density at radius 2 is 2.05 bits per heavy atom. The number of ether oxygens (including phenoxy) is 1. The number of hydrogen-bond acceptors (Lipinski definition) is 4. The lowest BCUT2D eigenvalue weighted by Crippen LogP contribution is -2.06. The second kappa shape index (κ2) is 6.56. The summed E-state index contributed by atoms with van der Waals surface area (Å²) in [6.07, 6.45) is 2.99. The van der Waals surface area contributed by atoms with Gasteiger partial charge in [0.15, 0.2) is 0 Å². The van der Waals surface area contributed by atoms with Crippen molar-refractivity contribution in [2.24, 2.45) is 0 Å². The fourth-order valence-corrected chi connectivity index (χ4v) is 1.80. The Bertz CT molecular complexity index is 585. The van der Waals surface area contributed by atoms with E-state index >= 15 is 0 Å². The first-order chi connectivity index (χ1) is 9.66. The Kier molecular flexibility index (Phi) is 4.55. The Hall–Kier alpha value is -2.56. The van der Waals surface area contributed by atoms with Gasteiger partial charge in [0, 0.05) is 6.20 Å². The summed E-state index contributed by atoms with van der Waals surface area (Å²) < 4.78 is 5.46. The van der Waals surface area contributed by atoms with Gasteiger partial charge in [-0.25, -0.2) is 9.78 Å². The number of aromatic carboxylic acids is 1. The quantitative estimate of drug-likeness (QED) is 0.788. The normalized spacial score (nSPS) is 10.2. The Morgan fingerprint density at radius 3 is 2.70 bits per heavy atom. The van der Waals surface area contributed by atoms with E-state index in [4.69, 9.17) is 15.6 Å². The van der Waals surface area contributed by atoms with Crippen LogP contribution in [0.3, 0.4) is 0 Å². The van der Waals surface area contributed by atoms with Gasteiger partial charge in [-0.15, -0.1) is 0 Å². The van der Waals surface area contributed by atoms with Gasteiger partial charge in [-0.2, -0.15) is 0 Å². The lowest BCUT2D eigenvalue weighted by atomic mass is 10.1. The Morgan fingerprint density at radius 1 is 1.30 bits per heavy atom. The number of hydrogen-bond donors (Lipinski definition) is 2. The minimum absolute atomic E-state index is 0.0548. The SMILES string of the molecule is Nc1cc(C(=O)O)cnc1OCCCc1ccccc1. The van der Waals surface area contributed by atoms with Crippen LogP contribution in [0.5, 0.6) is 5.88 Å². The van der Waals surface area contributed by atoms with Gasteiger partial charge in [-0.3, -0.25) is 0 Å². The lowest BCUT2D eigenvalue weighted by Gasteiger charge is -2.08. The molecule has 0 unspecified atom stereocenters. The molecule has 0 spiro atoms. The van der Waals surface area contributed by atoms with Crippen LogP contribution >= 0.6 is 0 Å². The predicted octanol–water partition coefficient (Wildman–Crippen LogP) is 2.37. The summed E-state index contributed by atoms with van der Waals surface area (Å²) in [4.78, 5) is 14.7. The van der Waals surface area contributed by atoms with Gasteiger partial charge in [-0.05, 0) is 24.5 Å². The number of nitrogen functional groups attached to an aromatic ring is 1. The van der Waals surface area contributed by atoms with Crippen molar-refractivity contribution in [1.82, 2.24) is 4.98 Å². The van der Waals surface area contributed by atoms with E-state index in [9.17, 15) is 4.79 Å². The average Bonchev–Trinajstić information content (AvgIpc) is 2.46. The maximum atomic E-state index is 10.7. The number of pyridine rings is 1. The molecule has 0 saturated carbocycles. The molecule has 0 bridgehead atoms. The highest BCUT2D eigenvalue weighted by molar-refractivity contribution is 5.88. The molecule has 3 N–H and O–H groups in total. The van der Waals surface area contributed by atoms with Gasteiger partial charge in [0.05, 0.1) is 17.9 Å². The largest absolute Gasteiger partial charge is 0.478 e. The maximum Gasteiger partial charge on any atom is 0.337 e. The summed E-state index contributed by atoms with van der Waals surface area (Å²) in [6, 6.07) is 11.5. The number of benzene rings is 1. The molecule has 20 heavy (non-hydrogen) atoms. The molecule has 0 radical (unpaired) electrons. The van der Waals surface area contributed by atoms with Crippen LogP contribution in [-0.4, -0.2) is 22.7 Å². The van der Waals surface area contributed by atoms with Crippen LogP contribution in [0.4, 0.5) is 5.69 Å². The number of anilines is 1. The van der Waals surface area contributed by atoms with Gasteiger partial charge >= 0.3 is 5.97 Å². The molecule has 5 heteroatoms. The van der Waals surface area contributed by atoms with Crippen molar-refractivity contribution in [2.45, 2.75) is 12.8 Å². The molecular weight excluding hydrogens is 256 g/mol. The van der Waals surface area contributed by atoms with E-state index in [1.807, 2.05) is 18.2 Å². The topological polar surface area (TPSA) is 85.4 Å². The Balaban J connectivity index is 1.84. The van der Waals surface area contributed by atoms with Crippen LogP contribution in [0.15, 0.2) is 42.6 Å². The first-order valence-electron chi connectivity index (χ1n) is 6.32. The average molecular weight is 272 g/mol. The third kappa shape index (κ3) is 3.71. The van der Waals surface area contributed by atoms with E-state index < -0.39 is 5.97 Å². The van der Waals surface area contributed by atoms with Crippen LogP contribution in [0.1, 0.15) is 22.3 Å². The predicted molar refractivity (Wildman–Crippen MR) is 75.9 cm³/mol. The number of nitrogens with zero attached hydrogens (tertiary/aromatic N) is 1. The van der Waals surface area contributed by atoms with E-state index in [1.54, 1.807) is 0 Å². The van der Waals surface area contributed by atoms with E-state index in [-0.39, 0.29) is 17.1 Å². The third-order valence-electron chi connectivity index (χ3n) is 2.82. The standard InChI is InChI=1S/C15H16N2O3/c16-13-9-12(15(18)19)10-17-14(13)20-8-4-7-11-5-2-1-3-6-11/h1-3,5-6,9-10H,4,7-8,16H2,(H,18,19). The van der Waals surface area contributed by atoms with E-state index in [0.717, 1.165) is 12.8 Å². The van der Waals surface area contributed by atoms with Crippen molar-refractivity contribution in [2.75, 3.05) is 12.3 Å². The second-order valence-corrected chi connectivity index (χ2v) is 4.36. The zero-order chi connectivity index (χ0) is 14.4. The van der Waals surface area contributed by atoms with Crippen molar-refractivity contribution in [1.29, 1.82) is 0 Å². The molecule has 0 amide bonds. The molecule has 1 aromatic heterocycles. The summed E-state index contributed by atoms with van der Waals surface area (Å²) in [5.74, 6) is -0.775. The second-order valence-electron chi connectivity index (χ2n) is 4.36. The highest BCUT2D eigenvalue weighted by Gasteiger charge is 2.08. The summed E-state index contributed by atoms with van der Waals surface area (Å²) in [5.41, 5.74) is 7.25. The number of carbonyl (C=O) groups is 1. The zero-order valence-corrected chi connectivity index (χ0v) is 11.0. The van der Waals surface area contributed by atoms with Gasteiger partial charge in [0.25, 0.3) is 0 Å². The molecular formula is C15H16N2O3. The molecule has 0 aliphatic rings. The summed E-state index contributed by atoms with van der Waals surface area (Å²) >= 11 is 0. The molecule has 0 atom stereocenters. The monoisotopic (exact) mass is 272 g/mol. The molecule has 0 aliphatic carbocycles. The van der Waals surface area contributed by atoms with Crippen molar-refractivity contribution in [3.8, 4) is 5.88 Å². The fraction of sp³-hybridized carbons (Fsp3) is 0.200. The lowest BCUT2D eigenvalue weighted by molar-refractivity contribution is 0.0696. The Labute approximate surface area is 117 Å². The minimum Gasteiger partial charge on any atom is -0.478 e. The van der Waals surface area contributed by atoms with Crippen LogP contribution < -0.4 is 10.5 Å². The van der Waals surface area contributed by atoms with Crippen molar-refractivity contribution in [3.05, 3.63) is 53.7 Å². The maximum absolute atomic E-state index is 10.7. The van der Waals surface area contributed by atoms with Gasteiger partial charge in [0.2, 0.25) is 5.88 Å². The molecule has 2 aromatic rings. The highest BCUT2D eigenvalue weighted by atomic mass is 16.5. The number of aromatic nitrogens is 1. The van der Waals surface area contributed by atoms with Crippen molar-refractivity contribution >= 4 is 11.7 Å². The van der Waals surface area contributed by atoms with Gasteiger partial charge in [0.1, 0.15) is 0 Å². The molecule has 0 aliphatic heterocycles. The molecule has 2 rings (SSSR count). The van der Waals surface area contributed by atoms with Crippen molar-refractivity contribution < 1.29 is 14.6 Å². The number of aryl methyl sites for hydroxylation is 1. The fourth-order valence-electron chi connectivity index (χ4n) is 1.80. The molecule has 5 nitrogen and oxygen atoms in total. The van der Waals surface area contributed by atoms with Crippen LogP contribution in [-0.2, 0) is 6.42 Å². The van der Waals surface area contributed by atoms with Crippen LogP contribution in [0, 0.1) is 0 Å².